The molecule has 0 unspecified atom stereocenters. The zero-order valence-electron chi connectivity index (χ0n) is 14.0. The summed E-state index contributed by atoms with van der Waals surface area (Å²) in [5.41, 5.74) is 6.67. The largest absolute Gasteiger partial charge is 0.368 e. The van der Waals surface area contributed by atoms with Crippen molar-refractivity contribution in [3.05, 3.63) is 36.2 Å². The molecule has 1 aliphatic heterocycles. The highest BCUT2D eigenvalue weighted by atomic mass is 32.2. The van der Waals surface area contributed by atoms with Gasteiger partial charge in [-0.25, -0.2) is 9.97 Å². The van der Waals surface area contributed by atoms with Crippen LogP contribution in [0.1, 0.15) is 18.5 Å². The van der Waals surface area contributed by atoms with Crippen LogP contribution in [-0.4, -0.2) is 46.4 Å². The molecule has 2 aromatic heterocycles. The van der Waals surface area contributed by atoms with Crippen molar-refractivity contribution in [1.29, 1.82) is 0 Å². The average Bonchev–Trinajstić information content (AvgIpc) is 2.59. The number of aryl methyl sites for hydroxylation is 1. The monoisotopic (exact) mass is 344 g/mol. The summed E-state index contributed by atoms with van der Waals surface area (Å²) < 4.78 is 0. The molecule has 7 heteroatoms. The average molecular weight is 344 g/mol. The van der Waals surface area contributed by atoms with Crippen molar-refractivity contribution in [3.63, 3.8) is 0 Å². The van der Waals surface area contributed by atoms with E-state index in [0.29, 0.717) is 12.0 Å². The van der Waals surface area contributed by atoms with Gasteiger partial charge in [0, 0.05) is 49.4 Å². The topological polar surface area (TPSA) is 80.0 Å². The summed E-state index contributed by atoms with van der Waals surface area (Å²) in [6, 6.07) is 8.61. The number of nitrogens with zero attached hydrogens (tertiary/aromatic N) is 4. The van der Waals surface area contributed by atoms with E-state index in [1.165, 1.54) is 0 Å². The molecule has 24 heavy (non-hydrogen) atoms. The van der Waals surface area contributed by atoms with Gasteiger partial charge in [0.1, 0.15) is 5.82 Å². The number of thioether (sulfide) groups is 1. The number of anilines is 2. The molecule has 3 rings (SSSR count). The predicted molar refractivity (Wildman–Crippen MR) is 99.4 cm³/mol. The second kappa shape index (κ2) is 8.30. The van der Waals surface area contributed by atoms with Gasteiger partial charge in [0.05, 0.1) is 5.03 Å². The maximum Gasteiger partial charge on any atom is 0.222 e. The van der Waals surface area contributed by atoms with Gasteiger partial charge >= 0.3 is 0 Å². The molecule has 6 nitrogen and oxygen atoms in total. The molecule has 0 atom stereocenters. The van der Waals surface area contributed by atoms with Crippen molar-refractivity contribution >= 4 is 23.5 Å². The molecule has 0 amide bonds. The summed E-state index contributed by atoms with van der Waals surface area (Å²) in [7, 11) is 0. The first-order valence-electron chi connectivity index (χ1n) is 8.34. The fraction of sp³-hybridized carbons (Fsp3) is 0.471. The molecule has 1 aliphatic rings. The van der Waals surface area contributed by atoms with Gasteiger partial charge in [0.15, 0.2) is 0 Å². The van der Waals surface area contributed by atoms with E-state index in [-0.39, 0.29) is 0 Å². The first-order valence-corrected chi connectivity index (χ1v) is 9.32. The van der Waals surface area contributed by atoms with E-state index in [0.717, 1.165) is 54.8 Å². The minimum atomic E-state index is 0.358. The molecule has 0 spiro atoms. The molecule has 0 bridgehead atoms. The van der Waals surface area contributed by atoms with Gasteiger partial charge in [-0.15, -0.1) is 11.8 Å². The third-order valence-corrected chi connectivity index (χ3v) is 5.05. The van der Waals surface area contributed by atoms with Crippen LogP contribution in [-0.2, 0) is 0 Å². The number of piperidine rings is 1. The SMILES string of the molecule is Cc1cc(N2CCC(NCCSc3ccccn3)CC2)nc(N)n1. The van der Waals surface area contributed by atoms with E-state index in [2.05, 4.69) is 31.2 Å². The highest BCUT2D eigenvalue weighted by molar-refractivity contribution is 7.99. The fourth-order valence-corrected chi connectivity index (χ4v) is 3.64. The van der Waals surface area contributed by atoms with Crippen LogP contribution in [0, 0.1) is 6.92 Å². The van der Waals surface area contributed by atoms with Gasteiger partial charge in [-0.3, -0.25) is 0 Å². The lowest BCUT2D eigenvalue weighted by molar-refractivity contribution is 0.423. The van der Waals surface area contributed by atoms with E-state index < -0.39 is 0 Å². The molecule has 2 aromatic rings. The number of nitrogen functional groups attached to an aromatic ring is 1. The number of nitrogens with two attached hydrogens (primary N) is 1. The molecule has 0 aliphatic carbocycles. The quantitative estimate of drug-likeness (QED) is 0.613. The summed E-state index contributed by atoms with van der Waals surface area (Å²) in [6.07, 6.45) is 4.08. The highest BCUT2D eigenvalue weighted by Gasteiger charge is 2.20. The normalized spacial score (nSPS) is 15.6. The van der Waals surface area contributed by atoms with E-state index in [9.17, 15) is 0 Å². The van der Waals surface area contributed by atoms with Crippen LogP contribution >= 0.6 is 11.8 Å². The first kappa shape index (κ1) is 17.0. The number of pyridine rings is 1. The summed E-state index contributed by atoms with van der Waals surface area (Å²) in [4.78, 5) is 15.1. The lowest BCUT2D eigenvalue weighted by atomic mass is 10.1. The Morgan fingerprint density at radius 1 is 1.29 bits per heavy atom. The van der Waals surface area contributed by atoms with Crippen LogP contribution in [0.2, 0.25) is 0 Å². The number of hydrogen-bond donors (Lipinski definition) is 2. The van der Waals surface area contributed by atoms with Crippen molar-refractivity contribution in [2.24, 2.45) is 0 Å². The van der Waals surface area contributed by atoms with Gasteiger partial charge in [0.2, 0.25) is 5.95 Å². The smallest absolute Gasteiger partial charge is 0.222 e. The Balaban J connectivity index is 1.39. The van der Waals surface area contributed by atoms with Crippen molar-refractivity contribution in [2.45, 2.75) is 30.8 Å². The van der Waals surface area contributed by atoms with Crippen LogP contribution < -0.4 is 16.0 Å². The van der Waals surface area contributed by atoms with Crippen molar-refractivity contribution in [2.75, 3.05) is 36.0 Å². The summed E-state index contributed by atoms with van der Waals surface area (Å²) in [6.45, 7) is 4.96. The Hall–Kier alpha value is -1.86. The van der Waals surface area contributed by atoms with Gasteiger partial charge in [-0.05, 0) is 31.9 Å². The molecule has 3 N–H and O–H groups in total. The van der Waals surface area contributed by atoms with Crippen LogP contribution in [0.4, 0.5) is 11.8 Å². The zero-order valence-corrected chi connectivity index (χ0v) is 14.8. The molecular weight excluding hydrogens is 320 g/mol. The van der Waals surface area contributed by atoms with Crippen LogP contribution in [0.3, 0.4) is 0 Å². The molecule has 0 radical (unpaired) electrons. The van der Waals surface area contributed by atoms with E-state index in [1.807, 2.05) is 31.3 Å². The first-order chi connectivity index (χ1) is 11.7. The molecule has 0 saturated carbocycles. The van der Waals surface area contributed by atoms with Crippen LogP contribution in [0.5, 0.6) is 0 Å². The molecule has 0 aromatic carbocycles. The van der Waals surface area contributed by atoms with Gasteiger partial charge < -0.3 is 16.0 Å². The third-order valence-electron chi connectivity index (χ3n) is 4.10. The lowest BCUT2D eigenvalue weighted by Crippen LogP contribution is -2.43. The van der Waals surface area contributed by atoms with Crippen molar-refractivity contribution in [1.82, 2.24) is 20.3 Å². The Morgan fingerprint density at radius 2 is 2.12 bits per heavy atom. The number of nitrogens with one attached hydrogen (secondary N) is 1. The zero-order chi connectivity index (χ0) is 16.8. The number of hydrogen-bond acceptors (Lipinski definition) is 7. The minimum absolute atomic E-state index is 0.358. The van der Waals surface area contributed by atoms with Crippen molar-refractivity contribution < 1.29 is 0 Å². The standard InChI is InChI=1S/C17H24N6S/c1-13-12-15(22-17(18)21-13)23-9-5-14(6-10-23)19-8-11-24-16-4-2-3-7-20-16/h2-4,7,12,14,19H,5-6,8-11H2,1H3,(H2,18,21,22). The second-order valence-electron chi connectivity index (χ2n) is 5.96. The molecule has 1 fully saturated rings. The summed E-state index contributed by atoms with van der Waals surface area (Å²) in [5, 5.41) is 4.74. The molecular formula is C17H24N6S. The maximum atomic E-state index is 5.75. The van der Waals surface area contributed by atoms with Gasteiger partial charge in [-0.2, -0.15) is 4.98 Å². The number of aromatic nitrogens is 3. The van der Waals surface area contributed by atoms with Crippen molar-refractivity contribution in [3.8, 4) is 0 Å². The molecule has 128 valence electrons. The minimum Gasteiger partial charge on any atom is -0.368 e. The highest BCUT2D eigenvalue weighted by Crippen LogP contribution is 2.19. The fourth-order valence-electron chi connectivity index (χ4n) is 2.90. The summed E-state index contributed by atoms with van der Waals surface area (Å²) >= 11 is 1.79. The molecule has 1 saturated heterocycles. The lowest BCUT2D eigenvalue weighted by Gasteiger charge is -2.33. The Morgan fingerprint density at radius 3 is 2.83 bits per heavy atom. The second-order valence-corrected chi connectivity index (χ2v) is 7.07. The Labute approximate surface area is 147 Å². The van der Waals surface area contributed by atoms with Crippen LogP contribution in [0.15, 0.2) is 35.5 Å². The van der Waals surface area contributed by atoms with E-state index in [4.69, 9.17) is 5.73 Å². The summed E-state index contributed by atoms with van der Waals surface area (Å²) in [5.74, 6) is 2.35. The third kappa shape index (κ3) is 4.82. The Bertz CT molecular complexity index is 623. The van der Waals surface area contributed by atoms with E-state index >= 15 is 0 Å². The van der Waals surface area contributed by atoms with E-state index in [1.54, 1.807) is 11.8 Å². The Kier molecular flexibility index (Phi) is 5.87. The van der Waals surface area contributed by atoms with Crippen LogP contribution in [0.25, 0.3) is 0 Å². The number of rotatable bonds is 6. The van der Waals surface area contributed by atoms with Gasteiger partial charge in [0.25, 0.3) is 0 Å². The molecule has 3 heterocycles. The maximum absolute atomic E-state index is 5.75. The van der Waals surface area contributed by atoms with Gasteiger partial charge in [-0.1, -0.05) is 6.07 Å². The predicted octanol–water partition coefficient (Wildman–Crippen LogP) is 2.11.